The molecule has 1 amide bonds. The van der Waals surface area contributed by atoms with Gasteiger partial charge in [0.05, 0.1) is 33.1 Å². The molecule has 1 fully saturated rings. The lowest BCUT2D eigenvalue weighted by atomic mass is 9.95. The molecule has 1 unspecified atom stereocenters. The van der Waals surface area contributed by atoms with E-state index < -0.39 is 0 Å². The van der Waals surface area contributed by atoms with Crippen LogP contribution in [-0.2, 0) is 11.2 Å². The highest BCUT2D eigenvalue weighted by Crippen LogP contribution is 2.50. The van der Waals surface area contributed by atoms with Crippen molar-refractivity contribution in [1.29, 1.82) is 0 Å². The maximum absolute atomic E-state index is 13.2. The Morgan fingerprint density at radius 1 is 1.00 bits per heavy atom. The zero-order valence-corrected chi connectivity index (χ0v) is 19.8. The molecule has 0 aromatic heterocycles. The van der Waals surface area contributed by atoms with Crippen LogP contribution in [0.5, 0.6) is 17.2 Å². The number of aryl methyl sites for hydroxylation is 1. The van der Waals surface area contributed by atoms with Crippen LogP contribution in [0.3, 0.4) is 0 Å². The van der Waals surface area contributed by atoms with E-state index in [-0.39, 0.29) is 17.4 Å². The molecule has 33 heavy (non-hydrogen) atoms. The van der Waals surface area contributed by atoms with Gasteiger partial charge in [-0.3, -0.25) is 9.59 Å². The van der Waals surface area contributed by atoms with Gasteiger partial charge < -0.3 is 24.4 Å². The summed E-state index contributed by atoms with van der Waals surface area (Å²) in [5.74, 6) is 1.56. The van der Waals surface area contributed by atoms with Gasteiger partial charge in [0.1, 0.15) is 0 Å². The fourth-order valence-electron chi connectivity index (χ4n) is 5.08. The van der Waals surface area contributed by atoms with Gasteiger partial charge in [-0.25, -0.2) is 0 Å². The molecule has 0 radical (unpaired) electrons. The Bertz CT molecular complexity index is 1110. The maximum atomic E-state index is 13.2. The first-order valence-electron chi connectivity index (χ1n) is 11.5. The second kappa shape index (κ2) is 9.73. The number of anilines is 1. The van der Waals surface area contributed by atoms with Crippen LogP contribution in [0.15, 0.2) is 29.1 Å². The van der Waals surface area contributed by atoms with Gasteiger partial charge in [-0.05, 0) is 73.1 Å². The van der Waals surface area contributed by atoms with Crippen LogP contribution < -0.4 is 29.9 Å². The van der Waals surface area contributed by atoms with E-state index in [1.165, 1.54) is 13.3 Å². The van der Waals surface area contributed by atoms with E-state index in [2.05, 4.69) is 10.2 Å². The lowest BCUT2D eigenvalue weighted by molar-refractivity contribution is -0.119. The molecule has 176 valence electrons. The number of benzene rings is 1. The fourth-order valence-corrected chi connectivity index (χ4v) is 5.08. The molecule has 1 aliphatic heterocycles. The molecule has 7 heteroatoms. The molecule has 1 saturated heterocycles. The number of carbonyl (C=O) groups excluding carboxylic acids is 1. The molecule has 2 aromatic rings. The lowest BCUT2D eigenvalue weighted by Crippen LogP contribution is -2.32. The predicted molar refractivity (Wildman–Crippen MR) is 129 cm³/mol. The van der Waals surface area contributed by atoms with Crippen LogP contribution in [0, 0.1) is 0 Å². The Morgan fingerprint density at radius 2 is 1.73 bits per heavy atom. The predicted octanol–water partition coefficient (Wildman–Crippen LogP) is 3.85. The third-order valence-corrected chi connectivity index (χ3v) is 6.59. The van der Waals surface area contributed by atoms with E-state index in [0.717, 1.165) is 48.2 Å². The van der Waals surface area contributed by atoms with Crippen molar-refractivity contribution in [2.75, 3.05) is 39.3 Å². The van der Waals surface area contributed by atoms with Crippen LogP contribution in [0.2, 0.25) is 0 Å². The summed E-state index contributed by atoms with van der Waals surface area (Å²) in [5.41, 5.74) is 4.34. The van der Waals surface area contributed by atoms with E-state index >= 15 is 0 Å². The quantitative estimate of drug-likeness (QED) is 0.743. The minimum atomic E-state index is -0.234. The minimum Gasteiger partial charge on any atom is -0.493 e. The molecular weight excluding hydrogens is 420 g/mol. The number of amides is 1. The first-order chi connectivity index (χ1) is 16.0. The molecule has 2 aliphatic rings. The van der Waals surface area contributed by atoms with Crippen LogP contribution >= 0.6 is 0 Å². The summed E-state index contributed by atoms with van der Waals surface area (Å²) in [7, 11) is 4.79. The smallest absolute Gasteiger partial charge is 0.217 e. The summed E-state index contributed by atoms with van der Waals surface area (Å²) in [6.45, 7) is 3.26. The van der Waals surface area contributed by atoms with Gasteiger partial charge in [0.2, 0.25) is 17.1 Å². The molecule has 1 heterocycles. The number of rotatable bonds is 5. The number of carbonyl (C=O) groups is 1. The van der Waals surface area contributed by atoms with E-state index in [9.17, 15) is 9.59 Å². The van der Waals surface area contributed by atoms with E-state index in [0.29, 0.717) is 35.8 Å². The SMILES string of the molecule is COc1cc2c(c(OC)c1OC)-c1ccc(=O)c(N3CCCCC3)cc1C(NC(C)=O)CC2. The van der Waals surface area contributed by atoms with Gasteiger partial charge in [0.25, 0.3) is 0 Å². The van der Waals surface area contributed by atoms with Gasteiger partial charge >= 0.3 is 0 Å². The van der Waals surface area contributed by atoms with E-state index in [1.54, 1.807) is 27.4 Å². The molecule has 7 nitrogen and oxygen atoms in total. The molecule has 1 atom stereocenters. The fraction of sp³-hybridized carbons (Fsp3) is 0.462. The topological polar surface area (TPSA) is 77.1 Å². The van der Waals surface area contributed by atoms with Gasteiger partial charge in [0.15, 0.2) is 11.5 Å². The van der Waals surface area contributed by atoms with Crippen molar-refractivity contribution in [3.8, 4) is 28.4 Å². The summed E-state index contributed by atoms with van der Waals surface area (Å²) in [6, 6.07) is 7.21. The average Bonchev–Trinajstić information content (AvgIpc) is 3.07. The summed E-state index contributed by atoms with van der Waals surface area (Å²) in [6.07, 6.45) is 4.73. The number of nitrogens with zero attached hydrogens (tertiary/aromatic N) is 1. The number of fused-ring (bicyclic) bond motifs is 3. The van der Waals surface area contributed by atoms with Crippen molar-refractivity contribution in [2.45, 2.75) is 45.1 Å². The van der Waals surface area contributed by atoms with Gasteiger partial charge in [0, 0.05) is 25.6 Å². The largest absolute Gasteiger partial charge is 0.493 e. The van der Waals surface area contributed by atoms with Gasteiger partial charge in [-0.1, -0.05) is 0 Å². The zero-order valence-electron chi connectivity index (χ0n) is 19.8. The summed E-state index contributed by atoms with van der Waals surface area (Å²) in [4.78, 5) is 27.5. The Hall–Kier alpha value is -3.22. The molecular formula is C26H32N2O5. The Kier molecular flexibility index (Phi) is 6.77. The standard InChI is InChI=1S/C26H32N2O5/c1-16(29)27-20-10-8-17-14-23(31-2)25(32-3)26(33-4)24(17)18-9-11-22(30)21(15-19(18)20)28-12-6-5-7-13-28/h9,11,14-15,20H,5-8,10,12-13H2,1-4H3,(H,27,29). The summed E-state index contributed by atoms with van der Waals surface area (Å²) >= 11 is 0. The number of piperidine rings is 1. The van der Waals surface area contributed by atoms with Crippen molar-refractivity contribution in [1.82, 2.24) is 5.32 Å². The monoisotopic (exact) mass is 452 g/mol. The van der Waals surface area contributed by atoms with E-state index in [1.807, 2.05) is 18.2 Å². The minimum absolute atomic E-state index is 0.0208. The normalized spacial score (nSPS) is 17.3. The highest BCUT2D eigenvalue weighted by atomic mass is 16.5. The second-order valence-corrected chi connectivity index (χ2v) is 8.62. The molecule has 1 N–H and O–H groups in total. The van der Waals surface area contributed by atoms with Gasteiger partial charge in [-0.15, -0.1) is 0 Å². The zero-order chi connectivity index (χ0) is 23.5. The van der Waals surface area contributed by atoms with Crippen molar-refractivity contribution < 1.29 is 19.0 Å². The Morgan fingerprint density at radius 3 is 2.36 bits per heavy atom. The molecule has 4 rings (SSSR count). The lowest BCUT2D eigenvalue weighted by Gasteiger charge is -2.28. The third-order valence-electron chi connectivity index (χ3n) is 6.59. The first kappa shape index (κ1) is 23.0. The van der Waals surface area contributed by atoms with Gasteiger partial charge in [-0.2, -0.15) is 0 Å². The number of ether oxygens (including phenoxy) is 3. The number of nitrogens with one attached hydrogen (secondary N) is 1. The Balaban J connectivity index is 2.02. The number of hydrogen-bond donors (Lipinski definition) is 1. The van der Waals surface area contributed by atoms with Crippen molar-refractivity contribution >= 4 is 11.6 Å². The van der Waals surface area contributed by atoms with E-state index in [4.69, 9.17) is 14.2 Å². The summed E-state index contributed by atoms with van der Waals surface area (Å²) < 4.78 is 17.1. The highest BCUT2D eigenvalue weighted by Gasteiger charge is 2.30. The molecule has 0 spiro atoms. The van der Waals surface area contributed by atoms with Crippen LogP contribution in [0.1, 0.15) is 49.8 Å². The van der Waals surface area contributed by atoms with Crippen LogP contribution in [-0.4, -0.2) is 40.3 Å². The molecule has 0 saturated carbocycles. The van der Waals surface area contributed by atoms with Crippen LogP contribution in [0.25, 0.3) is 11.1 Å². The average molecular weight is 453 g/mol. The van der Waals surface area contributed by atoms with Crippen molar-refractivity contribution in [2.24, 2.45) is 0 Å². The number of methoxy groups -OCH3 is 3. The first-order valence-corrected chi connectivity index (χ1v) is 11.5. The molecule has 1 aliphatic carbocycles. The second-order valence-electron chi connectivity index (χ2n) is 8.62. The maximum Gasteiger partial charge on any atom is 0.217 e. The summed E-state index contributed by atoms with van der Waals surface area (Å²) in [5, 5.41) is 3.11. The number of hydrogen-bond acceptors (Lipinski definition) is 6. The van der Waals surface area contributed by atoms with Crippen molar-refractivity contribution in [3.05, 3.63) is 45.6 Å². The molecule has 0 bridgehead atoms. The van der Waals surface area contributed by atoms with Crippen molar-refractivity contribution in [3.63, 3.8) is 0 Å². The molecule has 2 aromatic carbocycles. The van der Waals surface area contributed by atoms with Crippen LogP contribution in [0.4, 0.5) is 5.69 Å². The Labute approximate surface area is 194 Å². The third kappa shape index (κ3) is 4.36. The highest BCUT2D eigenvalue weighted by molar-refractivity contribution is 5.84.